The van der Waals surface area contributed by atoms with E-state index in [2.05, 4.69) is 0 Å². The molecule has 1 amide bonds. The van der Waals surface area contributed by atoms with E-state index < -0.39 is 0 Å². The summed E-state index contributed by atoms with van der Waals surface area (Å²) in [6.45, 7) is 4.49. The maximum absolute atomic E-state index is 11.5. The zero-order chi connectivity index (χ0) is 10.7. The van der Waals surface area contributed by atoms with Gasteiger partial charge in [0, 0.05) is 32.6 Å². The molecule has 0 aliphatic carbocycles. The quantitative estimate of drug-likeness (QED) is 0.634. The lowest BCUT2D eigenvalue weighted by molar-refractivity contribution is -0.691. The van der Waals surface area contributed by atoms with Gasteiger partial charge < -0.3 is 4.90 Å². The van der Waals surface area contributed by atoms with Gasteiger partial charge in [0.1, 0.15) is 0 Å². The van der Waals surface area contributed by atoms with Crippen LogP contribution in [0.2, 0.25) is 0 Å². The number of aromatic nitrogens is 1. The van der Waals surface area contributed by atoms with Crippen LogP contribution < -0.4 is 4.57 Å². The summed E-state index contributed by atoms with van der Waals surface area (Å²) >= 11 is 0. The molecule has 0 N–H and O–H groups in total. The average Bonchev–Trinajstić information content (AvgIpc) is 2.12. The molecule has 0 atom stereocenters. The SMILES string of the molecule is Cc1ccc[n+](CC(=O)N(C)C)c1C. The minimum absolute atomic E-state index is 0.115. The molecule has 1 aromatic heterocycles. The third kappa shape index (κ3) is 2.31. The zero-order valence-electron chi connectivity index (χ0n) is 9.24. The number of hydrogen-bond acceptors (Lipinski definition) is 1. The number of likely N-dealkylation sites (N-methyl/N-ethyl adjacent to an activating group) is 1. The molecule has 0 bridgehead atoms. The Hall–Kier alpha value is -1.38. The van der Waals surface area contributed by atoms with Crippen LogP contribution in [0.25, 0.3) is 0 Å². The maximum Gasteiger partial charge on any atom is 0.288 e. The van der Waals surface area contributed by atoms with Crippen molar-refractivity contribution in [2.75, 3.05) is 14.1 Å². The largest absolute Gasteiger partial charge is 0.343 e. The predicted molar refractivity (Wildman–Crippen MR) is 54.8 cm³/mol. The summed E-state index contributed by atoms with van der Waals surface area (Å²) in [7, 11) is 3.54. The lowest BCUT2D eigenvalue weighted by atomic mass is 10.2. The van der Waals surface area contributed by atoms with E-state index in [1.807, 2.05) is 36.7 Å². The zero-order valence-corrected chi connectivity index (χ0v) is 9.24. The second-order valence-corrected chi connectivity index (χ2v) is 3.69. The van der Waals surface area contributed by atoms with E-state index in [9.17, 15) is 4.79 Å². The number of pyridine rings is 1. The predicted octanol–water partition coefficient (Wildman–Crippen LogP) is 0.679. The van der Waals surface area contributed by atoms with E-state index in [4.69, 9.17) is 0 Å². The van der Waals surface area contributed by atoms with Gasteiger partial charge in [0.15, 0.2) is 11.9 Å². The van der Waals surface area contributed by atoms with Gasteiger partial charge in [0.2, 0.25) is 6.54 Å². The van der Waals surface area contributed by atoms with Crippen LogP contribution in [-0.4, -0.2) is 24.9 Å². The van der Waals surface area contributed by atoms with Crippen molar-refractivity contribution in [3.05, 3.63) is 29.6 Å². The Bertz CT molecular complexity index is 345. The van der Waals surface area contributed by atoms with Gasteiger partial charge >= 0.3 is 0 Å². The fraction of sp³-hybridized carbons (Fsp3) is 0.455. The van der Waals surface area contributed by atoms with Crippen LogP contribution >= 0.6 is 0 Å². The molecule has 0 radical (unpaired) electrons. The molecule has 76 valence electrons. The highest BCUT2D eigenvalue weighted by Gasteiger charge is 2.14. The maximum atomic E-state index is 11.5. The molecule has 1 rings (SSSR count). The fourth-order valence-corrected chi connectivity index (χ4v) is 1.21. The number of carbonyl (C=O) groups excluding carboxylic acids is 1. The monoisotopic (exact) mass is 193 g/mol. The summed E-state index contributed by atoms with van der Waals surface area (Å²) in [5, 5.41) is 0. The fourth-order valence-electron chi connectivity index (χ4n) is 1.21. The Balaban J connectivity index is 2.87. The smallest absolute Gasteiger partial charge is 0.288 e. The average molecular weight is 193 g/mol. The van der Waals surface area contributed by atoms with Gasteiger partial charge in [0.05, 0.1) is 0 Å². The van der Waals surface area contributed by atoms with Crippen LogP contribution in [0.3, 0.4) is 0 Å². The van der Waals surface area contributed by atoms with Gasteiger partial charge in [-0.25, -0.2) is 0 Å². The lowest BCUT2D eigenvalue weighted by Crippen LogP contribution is -2.44. The Kier molecular flexibility index (Phi) is 3.23. The van der Waals surface area contributed by atoms with Gasteiger partial charge in [-0.05, 0) is 13.0 Å². The molecule has 1 aromatic rings. The lowest BCUT2D eigenvalue weighted by Gasteiger charge is -2.08. The molecule has 3 nitrogen and oxygen atoms in total. The molecule has 1 heterocycles. The summed E-state index contributed by atoms with van der Waals surface area (Å²) in [5.74, 6) is 0.115. The van der Waals surface area contributed by atoms with Crippen LogP contribution in [0.15, 0.2) is 18.3 Å². The molecule has 0 aliphatic rings. The van der Waals surface area contributed by atoms with E-state index in [-0.39, 0.29) is 5.91 Å². The molecular formula is C11H17N2O+. The van der Waals surface area contributed by atoms with Crippen molar-refractivity contribution in [1.29, 1.82) is 0 Å². The first kappa shape index (κ1) is 10.7. The van der Waals surface area contributed by atoms with Crippen molar-refractivity contribution in [2.45, 2.75) is 20.4 Å². The number of rotatable bonds is 2. The Morgan fingerprint density at radius 1 is 1.43 bits per heavy atom. The Labute approximate surface area is 85.0 Å². The van der Waals surface area contributed by atoms with Gasteiger partial charge in [-0.15, -0.1) is 0 Å². The molecule has 0 fully saturated rings. The van der Waals surface area contributed by atoms with E-state index in [1.54, 1.807) is 19.0 Å². The van der Waals surface area contributed by atoms with Gasteiger partial charge in [-0.3, -0.25) is 4.79 Å². The summed E-state index contributed by atoms with van der Waals surface area (Å²) in [6.07, 6.45) is 1.93. The van der Waals surface area contributed by atoms with E-state index in [0.29, 0.717) is 6.54 Å². The topological polar surface area (TPSA) is 24.2 Å². The molecule has 14 heavy (non-hydrogen) atoms. The Morgan fingerprint density at radius 2 is 2.07 bits per heavy atom. The molecule has 0 aromatic carbocycles. The summed E-state index contributed by atoms with van der Waals surface area (Å²) < 4.78 is 1.97. The molecule has 0 spiro atoms. The molecule has 0 unspecified atom stereocenters. The highest BCUT2D eigenvalue weighted by molar-refractivity contribution is 5.73. The van der Waals surface area contributed by atoms with E-state index in [0.717, 1.165) is 5.69 Å². The molecule has 0 aliphatic heterocycles. The number of nitrogens with zero attached hydrogens (tertiary/aromatic N) is 2. The van der Waals surface area contributed by atoms with Crippen molar-refractivity contribution in [3.8, 4) is 0 Å². The highest BCUT2D eigenvalue weighted by Crippen LogP contribution is 1.98. The first-order valence-corrected chi connectivity index (χ1v) is 4.68. The number of carbonyl (C=O) groups is 1. The second-order valence-electron chi connectivity index (χ2n) is 3.69. The van der Waals surface area contributed by atoms with Crippen LogP contribution in [0.5, 0.6) is 0 Å². The van der Waals surface area contributed by atoms with Gasteiger partial charge in [-0.1, -0.05) is 0 Å². The molecule has 3 heteroatoms. The standard InChI is InChI=1S/C11H17N2O/c1-9-6-5-7-13(10(9)2)8-11(14)12(3)4/h5-7H,8H2,1-4H3/q+1. The Morgan fingerprint density at radius 3 is 2.64 bits per heavy atom. The molecule has 0 saturated carbocycles. The summed E-state index contributed by atoms with van der Waals surface area (Å²) in [5.41, 5.74) is 2.35. The van der Waals surface area contributed by atoms with Crippen LogP contribution in [-0.2, 0) is 11.3 Å². The van der Waals surface area contributed by atoms with Crippen molar-refractivity contribution in [1.82, 2.24) is 4.90 Å². The van der Waals surface area contributed by atoms with Crippen molar-refractivity contribution >= 4 is 5.91 Å². The third-order valence-electron chi connectivity index (χ3n) is 2.42. The van der Waals surface area contributed by atoms with Gasteiger partial charge in [0.25, 0.3) is 5.91 Å². The van der Waals surface area contributed by atoms with E-state index in [1.165, 1.54) is 5.56 Å². The van der Waals surface area contributed by atoms with E-state index >= 15 is 0 Å². The summed E-state index contributed by atoms with van der Waals surface area (Å²) in [6, 6.07) is 4.01. The first-order chi connectivity index (χ1) is 6.52. The first-order valence-electron chi connectivity index (χ1n) is 4.68. The van der Waals surface area contributed by atoms with Crippen molar-refractivity contribution < 1.29 is 9.36 Å². The number of amides is 1. The molecular weight excluding hydrogens is 176 g/mol. The van der Waals surface area contributed by atoms with Crippen LogP contribution in [0.1, 0.15) is 11.3 Å². The van der Waals surface area contributed by atoms with Crippen molar-refractivity contribution in [2.24, 2.45) is 0 Å². The minimum atomic E-state index is 0.115. The van der Waals surface area contributed by atoms with Crippen LogP contribution in [0, 0.1) is 13.8 Å². The number of aryl methyl sites for hydroxylation is 1. The second kappa shape index (κ2) is 4.22. The van der Waals surface area contributed by atoms with Gasteiger partial charge in [-0.2, -0.15) is 4.57 Å². The number of hydrogen-bond donors (Lipinski definition) is 0. The minimum Gasteiger partial charge on any atom is -0.343 e. The van der Waals surface area contributed by atoms with Crippen LogP contribution in [0.4, 0.5) is 0 Å². The summed E-state index contributed by atoms with van der Waals surface area (Å²) in [4.78, 5) is 13.1. The third-order valence-corrected chi connectivity index (χ3v) is 2.42. The molecule has 0 saturated heterocycles. The normalized spacial score (nSPS) is 10.0. The highest BCUT2D eigenvalue weighted by atomic mass is 16.2. The van der Waals surface area contributed by atoms with Crippen molar-refractivity contribution in [3.63, 3.8) is 0 Å².